The number of rotatable bonds is 4. The maximum Gasteiger partial charge on any atom is 0.253 e. The highest BCUT2D eigenvalue weighted by atomic mass is 19.1. The van der Waals surface area contributed by atoms with E-state index in [9.17, 15) is 14.0 Å². The third-order valence-electron chi connectivity index (χ3n) is 7.74. The molecule has 1 atom stereocenters. The van der Waals surface area contributed by atoms with Crippen molar-refractivity contribution in [1.29, 1.82) is 0 Å². The lowest BCUT2D eigenvalue weighted by atomic mass is 9.87. The zero-order chi connectivity index (χ0) is 24.0. The molecule has 9 nitrogen and oxygen atoms in total. The number of amides is 2. The van der Waals surface area contributed by atoms with E-state index in [1.54, 1.807) is 12.3 Å². The number of hydrogen-bond donors (Lipinski definition) is 3. The van der Waals surface area contributed by atoms with Gasteiger partial charge in [-0.05, 0) is 31.0 Å². The molecule has 10 heteroatoms. The molecule has 1 unspecified atom stereocenters. The Morgan fingerprint density at radius 3 is 2.60 bits per heavy atom. The average molecular weight is 480 g/mol. The molecule has 184 valence electrons. The normalized spacial score (nSPS) is 24.7. The molecule has 0 radical (unpaired) electrons. The third-order valence-corrected chi connectivity index (χ3v) is 7.74. The summed E-state index contributed by atoms with van der Waals surface area (Å²) in [4.78, 5) is 38.6. The molecule has 35 heavy (non-hydrogen) atoms. The number of anilines is 4. The molecular weight excluding hydrogens is 449 g/mol. The lowest BCUT2D eigenvalue weighted by Crippen LogP contribution is -2.57. The predicted molar refractivity (Wildman–Crippen MR) is 130 cm³/mol. The lowest BCUT2D eigenvalue weighted by molar-refractivity contribution is -0.126. The average Bonchev–Trinajstić information content (AvgIpc) is 3.34. The maximum atomic E-state index is 14.9. The van der Waals surface area contributed by atoms with Gasteiger partial charge in [0, 0.05) is 56.1 Å². The van der Waals surface area contributed by atoms with Gasteiger partial charge in [0.1, 0.15) is 17.2 Å². The minimum Gasteiger partial charge on any atom is -0.367 e. The van der Waals surface area contributed by atoms with Gasteiger partial charge in [0.15, 0.2) is 0 Å². The Kier molecular flexibility index (Phi) is 5.55. The maximum absolute atomic E-state index is 14.9. The number of hydrogen-bond acceptors (Lipinski definition) is 8. The zero-order valence-corrected chi connectivity index (χ0v) is 19.6. The minimum atomic E-state index is -0.925. The van der Waals surface area contributed by atoms with Crippen molar-refractivity contribution in [2.24, 2.45) is 0 Å². The molecule has 1 aliphatic carbocycles. The second kappa shape index (κ2) is 8.75. The largest absolute Gasteiger partial charge is 0.367 e. The van der Waals surface area contributed by atoms with Gasteiger partial charge in [0.05, 0.1) is 12.1 Å². The first-order valence-corrected chi connectivity index (χ1v) is 12.6. The molecule has 2 saturated heterocycles. The van der Waals surface area contributed by atoms with Crippen LogP contribution in [-0.2, 0) is 16.0 Å². The van der Waals surface area contributed by atoms with E-state index in [0.29, 0.717) is 29.6 Å². The van der Waals surface area contributed by atoms with Gasteiger partial charge >= 0.3 is 0 Å². The smallest absolute Gasteiger partial charge is 0.253 e. The lowest BCUT2D eigenvalue weighted by Gasteiger charge is -2.41. The molecule has 3 aliphatic heterocycles. The molecule has 1 saturated carbocycles. The molecule has 2 aromatic rings. The Morgan fingerprint density at radius 2 is 1.89 bits per heavy atom. The number of carbonyl (C=O) groups excluding carboxylic acids is 2. The number of aromatic nitrogens is 2. The molecule has 2 amide bonds. The van der Waals surface area contributed by atoms with Gasteiger partial charge in [-0.1, -0.05) is 19.3 Å². The van der Waals surface area contributed by atoms with Crippen molar-refractivity contribution in [2.75, 3.05) is 41.3 Å². The first kappa shape index (κ1) is 22.2. The van der Waals surface area contributed by atoms with Gasteiger partial charge in [-0.15, -0.1) is 0 Å². The first-order chi connectivity index (χ1) is 17.0. The third kappa shape index (κ3) is 3.89. The highest BCUT2D eigenvalue weighted by Gasteiger charge is 2.57. The summed E-state index contributed by atoms with van der Waals surface area (Å²) in [6, 6.07) is 5.24. The summed E-state index contributed by atoms with van der Waals surface area (Å²) in [6.07, 6.45) is 7.60. The number of halogens is 1. The van der Waals surface area contributed by atoms with Crippen LogP contribution in [0.25, 0.3) is 0 Å². The molecule has 3 N–H and O–H groups in total. The van der Waals surface area contributed by atoms with Crippen LogP contribution in [0.2, 0.25) is 0 Å². The highest BCUT2D eigenvalue weighted by molar-refractivity contribution is 6.11. The van der Waals surface area contributed by atoms with Crippen molar-refractivity contribution >= 4 is 35.0 Å². The summed E-state index contributed by atoms with van der Waals surface area (Å²) in [5.41, 5.74) is 1.10. The van der Waals surface area contributed by atoms with E-state index in [4.69, 9.17) is 4.98 Å². The van der Waals surface area contributed by atoms with Crippen LogP contribution in [0.3, 0.4) is 0 Å². The van der Waals surface area contributed by atoms with Crippen LogP contribution < -0.4 is 25.8 Å². The summed E-state index contributed by atoms with van der Waals surface area (Å²) in [6.45, 7) is 3.22. The van der Waals surface area contributed by atoms with Crippen LogP contribution in [0.15, 0.2) is 24.4 Å². The number of nitrogens with one attached hydrogen (secondary N) is 3. The summed E-state index contributed by atoms with van der Waals surface area (Å²) in [5, 5.41) is 8.93. The van der Waals surface area contributed by atoms with Crippen molar-refractivity contribution in [3.8, 4) is 0 Å². The van der Waals surface area contributed by atoms with Gasteiger partial charge in [-0.3, -0.25) is 14.9 Å². The van der Waals surface area contributed by atoms with Gasteiger partial charge in [0.25, 0.3) is 5.91 Å². The second-order valence-electron chi connectivity index (χ2n) is 9.99. The first-order valence-electron chi connectivity index (χ1n) is 12.6. The van der Waals surface area contributed by atoms with Crippen LogP contribution >= 0.6 is 0 Å². The zero-order valence-electron chi connectivity index (χ0n) is 19.6. The fourth-order valence-electron chi connectivity index (χ4n) is 6.10. The van der Waals surface area contributed by atoms with Gasteiger partial charge in [-0.25, -0.2) is 9.37 Å². The molecular formula is C25H30FN7O2. The predicted octanol–water partition coefficient (Wildman–Crippen LogP) is 2.25. The number of piperazine rings is 1. The van der Waals surface area contributed by atoms with Crippen LogP contribution in [0, 0.1) is 5.82 Å². The monoisotopic (exact) mass is 479 g/mol. The summed E-state index contributed by atoms with van der Waals surface area (Å²) < 4.78 is 14.9. The molecule has 0 bridgehead atoms. The highest BCUT2D eigenvalue weighted by Crippen LogP contribution is 2.46. The van der Waals surface area contributed by atoms with Crippen molar-refractivity contribution in [2.45, 2.75) is 56.5 Å². The summed E-state index contributed by atoms with van der Waals surface area (Å²) in [7, 11) is 0. The van der Waals surface area contributed by atoms with Gasteiger partial charge in [-0.2, -0.15) is 4.98 Å². The van der Waals surface area contributed by atoms with Crippen molar-refractivity contribution < 1.29 is 14.0 Å². The Balaban J connectivity index is 1.29. The Bertz CT molecular complexity index is 1160. The van der Waals surface area contributed by atoms with Crippen LogP contribution in [0.4, 0.5) is 27.5 Å². The van der Waals surface area contributed by atoms with Crippen molar-refractivity contribution in [3.63, 3.8) is 0 Å². The van der Waals surface area contributed by atoms with Crippen LogP contribution in [-0.4, -0.2) is 59.5 Å². The quantitative estimate of drug-likeness (QED) is 0.574. The van der Waals surface area contributed by atoms with Gasteiger partial charge < -0.3 is 20.4 Å². The number of nitrogens with zero attached hydrogens (tertiary/aromatic N) is 4. The fraction of sp³-hybridized carbons (Fsp3) is 0.520. The Labute approximate surface area is 203 Å². The van der Waals surface area contributed by atoms with E-state index < -0.39 is 5.54 Å². The molecule has 4 heterocycles. The fourth-order valence-corrected chi connectivity index (χ4v) is 6.10. The molecule has 1 aromatic carbocycles. The molecule has 1 spiro atoms. The van der Waals surface area contributed by atoms with E-state index in [0.717, 1.165) is 57.4 Å². The standard InChI is InChI=1S/C25H30FN7O2/c26-19-12-17(6-7-20(19)32-10-8-27-9-11-32)29-24-28-15-16-13-25(14-21(34)30-23(25)35)33(22(16)31-24)18-4-2-1-3-5-18/h6-7,12,15,18,27H,1-5,8-11,13-14H2,(H,28,29,31)(H,30,34,35). The van der Waals surface area contributed by atoms with E-state index in [1.165, 1.54) is 12.5 Å². The van der Waals surface area contributed by atoms with Crippen LogP contribution in [0.1, 0.15) is 44.1 Å². The van der Waals surface area contributed by atoms with Crippen LogP contribution in [0.5, 0.6) is 0 Å². The Hall–Kier alpha value is -3.27. The minimum absolute atomic E-state index is 0.139. The molecule has 1 aromatic heterocycles. The topological polar surface area (TPSA) is 102 Å². The Morgan fingerprint density at radius 1 is 1.09 bits per heavy atom. The number of fused-ring (bicyclic) bond motifs is 1. The van der Waals surface area contributed by atoms with Crippen molar-refractivity contribution in [1.82, 2.24) is 20.6 Å². The molecule has 6 rings (SSSR count). The van der Waals surface area contributed by atoms with E-state index in [-0.39, 0.29) is 30.1 Å². The number of benzene rings is 1. The summed E-state index contributed by atoms with van der Waals surface area (Å²) >= 11 is 0. The van der Waals surface area contributed by atoms with Gasteiger partial charge in [0.2, 0.25) is 11.9 Å². The van der Waals surface area contributed by atoms with E-state index in [2.05, 4.69) is 25.8 Å². The van der Waals surface area contributed by atoms with E-state index >= 15 is 0 Å². The second-order valence-corrected chi connectivity index (χ2v) is 9.99. The SMILES string of the molecule is O=C1CC2(Cc3cnc(Nc4ccc(N5CCNCC5)c(F)c4)nc3N2C2CCCCC2)C(=O)N1. The summed E-state index contributed by atoms with van der Waals surface area (Å²) in [5.74, 6) is 0.279. The number of imide groups is 1. The van der Waals surface area contributed by atoms with Crippen molar-refractivity contribution in [3.05, 3.63) is 35.8 Å². The van der Waals surface area contributed by atoms with E-state index in [1.807, 2.05) is 11.0 Å². The molecule has 4 aliphatic rings. The molecule has 3 fully saturated rings. The number of carbonyl (C=O) groups is 2.